The van der Waals surface area contributed by atoms with Crippen molar-refractivity contribution in [2.75, 3.05) is 18.9 Å². The average molecular weight is 592 g/mol. The number of thioether (sulfide) groups is 1. The van der Waals surface area contributed by atoms with E-state index < -0.39 is 0 Å². The molecule has 0 bridgehead atoms. The van der Waals surface area contributed by atoms with Gasteiger partial charge in [-0.25, -0.2) is 0 Å². The molecule has 0 aromatic carbocycles. The zero-order valence-corrected chi connectivity index (χ0v) is 27.0. The molecule has 8 heteroatoms. The number of rotatable bonds is 20. The third-order valence-corrected chi connectivity index (χ3v) is 6.87. The zero-order valence-electron chi connectivity index (χ0n) is 26.2. The fraction of sp³-hybridized carbons (Fsp3) is 0.412. The lowest BCUT2D eigenvalue weighted by atomic mass is 10.1. The quantitative estimate of drug-likeness (QED) is 0.118. The number of anilines is 1. The van der Waals surface area contributed by atoms with Crippen LogP contribution in [0.4, 0.5) is 5.82 Å². The summed E-state index contributed by atoms with van der Waals surface area (Å²) >= 11 is 1.52. The molecular weight excluding hydrogens is 542 g/mol. The van der Waals surface area contributed by atoms with Crippen molar-refractivity contribution in [2.45, 2.75) is 79.1 Å². The standard InChI is InChI=1S/C34H49N5O2S/c1-10-12-15-25(3)23-33(40)36-32-19-18-31(37-38-32)17-14-13-16-29(7)42-30(8)35-28(6)22-26(4)21-27(5)24-34(41)39(9)20-11-2/h10,12,15,18-19,21,35H,4,6-8,11,13-14,16-17,20,22-24H2,1-3,5,9H3,(H,36,38,40)/b12-10-,25-15+,27-21+. The molecular formula is C34H49N5O2S. The van der Waals surface area contributed by atoms with Gasteiger partial charge in [0.15, 0.2) is 5.82 Å². The van der Waals surface area contributed by atoms with Gasteiger partial charge in [-0.05, 0) is 75.5 Å². The van der Waals surface area contributed by atoms with Gasteiger partial charge in [0.2, 0.25) is 11.8 Å². The van der Waals surface area contributed by atoms with Crippen LogP contribution in [0.5, 0.6) is 0 Å². The van der Waals surface area contributed by atoms with Crippen LogP contribution >= 0.6 is 11.8 Å². The van der Waals surface area contributed by atoms with Gasteiger partial charge < -0.3 is 15.5 Å². The molecule has 1 heterocycles. The van der Waals surface area contributed by atoms with Crippen molar-refractivity contribution < 1.29 is 9.59 Å². The van der Waals surface area contributed by atoms with E-state index in [0.717, 1.165) is 76.7 Å². The number of aromatic nitrogens is 2. The van der Waals surface area contributed by atoms with Crippen molar-refractivity contribution in [2.24, 2.45) is 0 Å². The highest BCUT2D eigenvalue weighted by atomic mass is 32.2. The van der Waals surface area contributed by atoms with Crippen LogP contribution in [0, 0.1) is 0 Å². The first-order chi connectivity index (χ1) is 19.9. The fourth-order valence-corrected chi connectivity index (χ4v) is 4.79. The second kappa shape index (κ2) is 20.3. The molecule has 0 atom stereocenters. The molecule has 7 nitrogen and oxygen atoms in total. The van der Waals surface area contributed by atoms with E-state index >= 15 is 0 Å². The number of amides is 2. The van der Waals surface area contributed by atoms with Crippen molar-refractivity contribution in [1.29, 1.82) is 0 Å². The Labute approximate surface area is 257 Å². The molecule has 228 valence electrons. The summed E-state index contributed by atoms with van der Waals surface area (Å²) in [6.45, 7) is 25.1. The topological polar surface area (TPSA) is 87.2 Å². The van der Waals surface area contributed by atoms with Gasteiger partial charge in [0.25, 0.3) is 0 Å². The Morgan fingerprint density at radius 1 is 1.02 bits per heavy atom. The largest absolute Gasteiger partial charge is 0.354 e. The maximum atomic E-state index is 12.2. The van der Waals surface area contributed by atoms with Gasteiger partial charge in [0.05, 0.1) is 10.7 Å². The Balaban J connectivity index is 2.33. The summed E-state index contributed by atoms with van der Waals surface area (Å²) in [7, 11) is 1.84. The Morgan fingerprint density at radius 2 is 1.76 bits per heavy atom. The molecule has 0 saturated heterocycles. The summed E-state index contributed by atoms with van der Waals surface area (Å²) in [6, 6.07) is 3.69. The number of unbranched alkanes of at least 4 members (excludes halogenated alkanes) is 1. The summed E-state index contributed by atoms with van der Waals surface area (Å²) in [4.78, 5) is 27.2. The van der Waals surface area contributed by atoms with E-state index in [1.165, 1.54) is 11.8 Å². The summed E-state index contributed by atoms with van der Waals surface area (Å²) in [5.41, 5.74) is 4.53. The smallest absolute Gasteiger partial charge is 0.229 e. The number of carbonyl (C=O) groups is 2. The lowest BCUT2D eigenvalue weighted by Gasteiger charge is -2.16. The second-order valence-corrected chi connectivity index (χ2v) is 11.8. The number of hydrogen-bond acceptors (Lipinski definition) is 6. The molecule has 0 aliphatic rings. The molecule has 0 fully saturated rings. The number of aryl methyl sites for hydroxylation is 1. The highest BCUT2D eigenvalue weighted by molar-refractivity contribution is 8.06. The molecule has 0 aliphatic heterocycles. The number of hydrogen-bond donors (Lipinski definition) is 2. The fourth-order valence-electron chi connectivity index (χ4n) is 4.00. The number of nitrogens with one attached hydrogen (secondary N) is 2. The molecule has 0 radical (unpaired) electrons. The minimum absolute atomic E-state index is 0.109. The van der Waals surface area contributed by atoms with E-state index in [2.05, 4.69) is 54.1 Å². The maximum Gasteiger partial charge on any atom is 0.229 e. The normalized spacial score (nSPS) is 11.7. The average Bonchev–Trinajstić information content (AvgIpc) is 2.90. The first-order valence-corrected chi connectivity index (χ1v) is 15.2. The first-order valence-electron chi connectivity index (χ1n) is 14.4. The summed E-state index contributed by atoms with van der Waals surface area (Å²) in [5.74, 6) is 0.464. The van der Waals surface area contributed by atoms with E-state index in [0.29, 0.717) is 25.1 Å². The molecule has 0 aliphatic carbocycles. The van der Waals surface area contributed by atoms with Crippen LogP contribution in [-0.4, -0.2) is 40.5 Å². The molecule has 0 saturated carbocycles. The highest BCUT2D eigenvalue weighted by Gasteiger charge is 2.09. The van der Waals surface area contributed by atoms with Gasteiger partial charge >= 0.3 is 0 Å². The molecule has 0 unspecified atom stereocenters. The third-order valence-electron chi connectivity index (χ3n) is 6.03. The van der Waals surface area contributed by atoms with Crippen molar-refractivity contribution in [3.05, 3.63) is 101 Å². The summed E-state index contributed by atoms with van der Waals surface area (Å²) in [6.07, 6.45) is 13.5. The maximum absolute atomic E-state index is 12.2. The van der Waals surface area contributed by atoms with Gasteiger partial charge in [0.1, 0.15) is 0 Å². The lowest BCUT2D eigenvalue weighted by Crippen LogP contribution is -2.27. The number of allylic oxidation sites excluding steroid dienone is 6. The van der Waals surface area contributed by atoms with E-state index in [4.69, 9.17) is 0 Å². The Bertz CT molecular complexity index is 1190. The van der Waals surface area contributed by atoms with Crippen LogP contribution < -0.4 is 10.6 Å². The van der Waals surface area contributed by atoms with Gasteiger partial charge in [-0.15, -0.1) is 5.10 Å². The van der Waals surface area contributed by atoms with Crippen LogP contribution in [0.25, 0.3) is 0 Å². The number of nitrogens with zero attached hydrogens (tertiary/aromatic N) is 3. The van der Waals surface area contributed by atoms with Crippen LogP contribution in [-0.2, 0) is 16.0 Å². The first kappa shape index (κ1) is 36.4. The third kappa shape index (κ3) is 16.6. The van der Waals surface area contributed by atoms with Crippen LogP contribution in [0.15, 0.2) is 95.1 Å². The molecule has 42 heavy (non-hydrogen) atoms. The SMILES string of the molecule is C=C(/C=C(\C)CC(=O)N(C)CCC)CC(=C)NC(=C)SC(=C)CCCCc1ccc(NC(=O)C/C(C)=C/C=C\C)nn1. The van der Waals surface area contributed by atoms with Gasteiger partial charge in [-0.2, -0.15) is 5.10 Å². The van der Waals surface area contributed by atoms with Crippen molar-refractivity contribution >= 4 is 29.4 Å². The minimum Gasteiger partial charge on any atom is -0.354 e. The van der Waals surface area contributed by atoms with E-state index in [-0.39, 0.29) is 11.8 Å². The Kier molecular flexibility index (Phi) is 17.6. The van der Waals surface area contributed by atoms with Gasteiger partial charge in [0, 0.05) is 38.6 Å². The summed E-state index contributed by atoms with van der Waals surface area (Å²) in [5, 5.41) is 15.2. The van der Waals surface area contributed by atoms with Gasteiger partial charge in [-0.3, -0.25) is 9.59 Å². The van der Waals surface area contributed by atoms with Gasteiger partial charge in [-0.1, -0.05) is 80.5 Å². The molecule has 0 spiro atoms. The van der Waals surface area contributed by atoms with Crippen LogP contribution in [0.1, 0.15) is 78.3 Å². The molecule has 1 aromatic rings. The zero-order chi connectivity index (χ0) is 31.5. The Morgan fingerprint density at radius 3 is 2.40 bits per heavy atom. The molecule has 1 rings (SSSR count). The highest BCUT2D eigenvalue weighted by Crippen LogP contribution is 2.26. The number of carbonyl (C=O) groups excluding carboxylic acids is 2. The minimum atomic E-state index is -0.109. The predicted octanol–water partition coefficient (Wildman–Crippen LogP) is 8.01. The molecule has 1 aromatic heterocycles. The van der Waals surface area contributed by atoms with E-state index in [1.54, 1.807) is 11.0 Å². The lowest BCUT2D eigenvalue weighted by molar-refractivity contribution is -0.129. The molecule has 2 amide bonds. The van der Waals surface area contributed by atoms with Crippen LogP contribution in [0.3, 0.4) is 0 Å². The second-order valence-electron chi connectivity index (χ2n) is 10.5. The Hall–Kier alpha value is -3.65. The van der Waals surface area contributed by atoms with E-state index in [1.807, 2.05) is 58.2 Å². The summed E-state index contributed by atoms with van der Waals surface area (Å²) < 4.78 is 0. The van der Waals surface area contributed by atoms with Crippen molar-refractivity contribution in [3.8, 4) is 0 Å². The van der Waals surface area contributed by atoms with Crippen LogP contribution in [0.2, 0.25) is 0 Å². The monoisotopic (exact) mass is 591 g/mol. The van der Waals surface area contributed by atoms with Crippen molar-refractivity contribution in [1.82, 2.24) is 20.4 Å². The molecule has 2 N–H and O–H groups in total. The van der Waals surface area contributed by atoms with E-state index in [9.17, 15) is 9.59 Å². The van der Waals surface area contributed by atoms with Crippen molar-refractivity contribution in [3.63, 3.8) is 0 Å². The predicted molar refractivity (Wildman–Crippen MR) is 180 cm³/mol.